The fourth-order valence-electron chi connectivity index (χ4n) is 2.60. The van der Waals surface area contributed by atoms with Crippen LogP contribution in [0, 0.1) is 5.41 Å². The molecule has 2 N–H and O–H groups in total. The van der Waals surface area contributed by atoms with Crippen LogP contribution >= 0.6 is 0 Å². The molecule has 0 unspecified atom stereocenters. The van der Waals surface area contributed by atoms with E-state index in [1.807, 2.05) is 0 Å². The van der Waals surface area contributed by atoms with Crippen molar-refractivity contribution in [1.29, 1.82) is 0 Å². The van der Waals surface area contributed by atoms with Crippen LogP contribution in [0.4, 0.5) is 0 Å². The van der Waals surface area contributed by atoms with Gasteiger partial charge in [-0.15, -0.1) is 0 Å². The summed E-state index contributed by atoms with van der Waals surface area (Å²) in [5.74, 6) is 0. The molecule has 0 aromatic rings. The Kier molecular flexibility index (Phi) is 2.10. The van der Waals surface area contributed by atoms with Gasteiger partial charge in [0.05, 0.1) is 12.2 Å². The molecule has 0 aromatic carbocycles. The second kappa shape index (κ2) is 2.98. The highest BCUT2D eigenvalue weighted by molar-refractivity contribution is 5.05. The molecule has 1 aliphatic heterocycles. The van der Waals surface area contributed by atoms with Gasteiger partial charge < -0.3 is 15.2 Å². The van der Waals surface area contributed by atoms with E-state index in [4.69, 9.17) is 4.74 Å². The molecule has 2 aliphatic rings. The van der Waals surface area contributed by atoms with Crippen molar-refractivity contribution in [3.63, 3.8) is 0 Å². The molecule has 1 saturated heterocycles. The number of nitrogens with one attached hydrogen (secondary N) is 1. The normalized spacial score (nSPS) is 39.5. The average molecular weight is 171 g/mol. The SMILES string of the molecule is CO[C@@H]1C[C@H](O)C12CCNCC2. The van der Waals surface area contributed by atoms with E-state index in [1.54, 1.807) is 7.11 Å². The van der Waals surface area contributed by atoms with Crippen molar-refractivity contribution < 1.29 is 9.84 Å². The van der Waals surface area contributed by atoms with Crippen molar-refractivity contribution in [2.45, 2.75) is 31.5 Å². The van der Waals surface area contributed by atoms with Crippen molar-refractivity contribution in [2.75, 3.05) is 20.2 Å². The third-order valence-electron chi connectivity index (χ3n) is 3.56. The number of aliphatic hydroxyl groups excluding tert-OH is 1. The summed E-state index contributed by atoms with van der Waals surface area (Å²) in [6.45, 7) is 2.05. The first-order valence-corrected chi connectivity index (χ1v) is 4.71. The Morgan fingerprint density at radius 2 is 2.08 bits per heavy atom. The first kappa shape index (κ1) is 8.48. The minimum absolute atomic E-state index is 0.0972. The fraction of sp³-hybridized carbons (Fsp3) is 1.00. The maximum atomic E-state index is 9.72. The third-order valence-corrected chi connectivity index (χ3v) is 3.56. The third kappa shape index (κ3) is 1.00. The summed E-state index contributed by atoms with van der Waals surface area (Å²) < 4.78 is 5.36. The summed E-state index contributed by atoms with van der Waals surface area (Å²) in [5, 5.41) is 13.0. The largest absolute Gasteiger partial charge is 0.392 e. The molecule has 12 heavy (non-hydrogen) atoms. The zero-order valence-electron chi connectivity index (χ0n) is 7.55. The second-order valence-corrected chi connectivity index (χ2v) is 3.96. The summed E-state index contributed by atoms with van der Waals surface area (Å²) in [5.41, 5.74) is 0.0972. The monoisotopic (exact) mass is 171 g/mol. The van der Waals surface area contributed by atoms with Gasteiger partial charge in [-0.25, -0.2) is 0 Å². The minimum Gasteiger partial charge on any atom is -0.392 e. The predicted octanol–water partition coefficient (Wildman–Crippen LogP) is 0.136. The van der Waals surface area contributed by atoms with Crippen LogP contribution in [0.5, 0.6) is 0 Å². The highest BCUT2D eigenvalue weighted by Crippen LogP contribution is 2.49. The fourth-order valence-corrected chi connectivity index (χ4v) is 2.60. The lowest BCUT2D eigenvalue weighted by atomic mass is 9.58. The molecule has 1 saturated carbocycles. The molecule has 0 radical (unpaired) electrons. The second-order valence-electron chi connectivity index (χ2n) is 3.96. The van der Waals surface area contributed by atoms with Gasteiger partial charge in [-0.1, -0.05) is 0 Å². The van der Waals surface area contributed by atoms with Crippen LogP contribution in [0.1, 0.15) is 19.3 Å². The average Bonchev–Trinajstić information content (AvgIpc) is 2.15. The Morgan fingerprint density at radius 1 is 1.42 bits per heavy atom. The van der Waals surface area contributed by atoms with Crippen molar-refractivity contribution in [3.8, 4) is 0 Å². The molecule has 3 heteroatoms. The molecule has 3 nitrogen and oxygen atoms in total. The quantitative estimate of drug-likeness (QED) is 0.589. The van der Waals surface area contributed by atoms with Crippen LogP contribution in [0.3, 0.4) is 0 Å². The lowest BCUT2D eigenvalue weighted by Crippen LogP contribution is -2.61. The molecular formula is C9H17NO2. The van der Waals surface area contributed by atoms with E-state index in [0.29, 0.717) is 6.10 Å². The number of ether oxygens (including phenoxy) is 1. The van der Waals surface area contributed by atoms with E-state index < -0.39 is 0 Å². The lowest BCUT2D eigenvalue weighted by molar-refractivity contribution is -0.192. The Bertz CT molecular complexity index is 166. The van der Waals surface area contributed by atoms with E-state index in [-0.39, 0.29) is 11.5 Å². The number of rotatable bonds is 1. The standard InChI is InChI=1S/C9H17NO2/c1-12-8-6-7(11)9(8)2-4-10-5-3-9/h7-8,10-11H,2-6H2,1H3/t7-,8+/m0/s1. The molecule has 2 fully saturated rings. The molecule has 2 atom stereocenters. The van der Waals surface area contributed by atoms with E-state index in [9.17, 15) is 5.11 Å². The van der Waals surface area contributed by atoms with Crippen molar-refractivity contribution in [2.24, 2.45) is 5.41 Å². The Hall–Kier alpha value is -0.120. The van der Waals surface area contributed by atoms with Crippen molar-refractivity contribution in [3.05, 3.63) is 0 Å². The van der Waals surface area contributed by atoms with Crippen LogP contribution in [0.25, 0.3) is 0 Å². The number of aliphatic hydroxyl groups is 1. The van der Waals surface area contributed by atoms with Gasteiger partial charge in [0.2, 0.25) is 0 Å². The first-order valence-electron chi connectivity index (χ1n) is 4.71. The number of hydrogen-bond donors (Lipinski definition) is 2. The minimum atomic E-state index is -0.121. The zero-order valence-corrected chi connectivity index (χ0v) is 7.55. The Morgan fingerprint density at radius 3 is 2.58 bits per heavy atom. The van der Waals surface area contributed by atoms with Gasteiger partial charge in [0, 0.05) is 18.9 Å². The number of hydrogen-bond acceptors (Lipinski definition) is 3. The molecule has 2 rings (SSSR count). The highest BCUT2D eigenvalue weighted by atomic mass is 16.5. The summed E-state index contributed by atoms with van der Waals surface area (Å²) in [7, 11) is 1.75. The molecule has 0 aromatic heterocycles. The van der Waals surface area contributed by atoms with Crippen LogP contribution in [0.15, 0.2) is 0 Å². The van der Waals surface area contributed by atoms with Crippen molar-refractivity contribution in [1.82, 2.24) is 5.32 Å². The number of piperidine rings is 1. The van der Waals surface area contributed by atoms with E-state index >= 15 is 0 Å². The van der Waals surface area contributed by atoms with E-state index in [2.05, 4.69) is 5.32 Å². The molecule has 0 amide bonds. The Labute approximate surface area is 73.1 Å². The van der Waals surface area contributed by atoms with Gasteiger partial charge in [-0.2, -0.15) is 0 Å². The summed E-state index contributed by atoms with van der Waals surface area (Å²) in [4.78, 5) is 0. The van der Waals surface area contributed by atoms with Gasteiger partial charge in [-0.05, 0) is 25.9 Å². The van der Waals surface area contributed by atoms with Crippen LogP contribution < -0.4 is 5.32 Å². The Balaban J connectivity index is 2.05. The molecule has 1 heterocycles. The van der Waals surface area contributed by atoms with Crippen LogP contribution in [-0.2, 0) is 4.74 Å². The van der Waals surface area contributed by atoms with Gasteiger partial charge in [0.15, 0.2) is 0 Å². The molecule has 1 spiro atoms. The first-order chi connectivity index (χ1) is 5.79. The molecule has 70 valence electrons. The van der Waals surface area contributed by atoms with E-state index in [0.717, 1.165) is 32.4 Å². The highest BCUT2D eigenvalue weighted by Gasteiger charge is 2.54. The molecular weight excluding hydrogens is 154 g/mol. The predicted molar refractivity (Wildman–Crippen MR) is 46.0 cm³/mol. The lowest BCUT2D eigenvalue weighted by Gasteiger charge is -2.54. The maximum absolute atomic E-state index is 9.72. The molecule has 1 aliphatic carbocycles. The van der Waals surface area contributed by atoms with Crippen LogP contribution in [-0.4, -0.2) is 37.5 Å². The van der Waals surface area contributed by atoms with Crippen LogP contribution in [0.2, 0.25) is 0 Å². The van der Waals surface area contributed by atoms with Gasteiger partial charge in [0.1, 0.15) is 0 Å². The van der Waals surface area contributed by atoms with E-state index in [1.165, 1.54) is 0 Å². The molecule has 0 bridgehead atoms. The smallest absolute Gasteiger partial charge is 0.0678 e. The topological polar surface area (TPSA) is 41.5 Å². The summed E-state index contributed by atoms with van der Waals surface area (Å²) >= 11 is 0. The van der Waals surface area contributed by atoms with Gasteiger partial charge in [-0.3, -0.25) is 0 Å². The summed E-state index contributed by atoms with van der Waals surface area (Å²) in [6, 6.07) is 0. The maximum Gasteiger partial charge on any atom is 0.0678 e. The van der Waals surface area contributed by atoms with Crippen molar-refractivity contribution >= 4 is 0 Å². The van der Waals surface area contributed by atoms with Gasteiger partial charge in [0.25, 0.3) is 0 Å². The number of methoxy groups -OCH3 is 1. The van der Waals surface area contributed by atoms with Gasteiger partial charge >= 0.3 is 0 Å². The summed E-state index contributed by atoms with van der Waals surface area (Å²) in [6.07, 6.45) is 3.13. The zero-order chi connectivity index (χ0) is 8.60.